The summed E-state index contributed by atoms with van der Waals surface area (Å²) < 4.78 is 7.82. The Morgan fingerprint density at radius 1 is 1.46 bits per heavy atom. The van der Waals surface area contributed by atoms with E-state index < -0.39 is 6.42 Å². The summed E-state index contributed by atoms with van der Waals surface area (Å²) in [6.45, 7) is 8.02. The largest absolute Gasteiger partial charge is 0.337 e. The highest BCUT2D eigenvalue weighted by Crippen LogP contribution is 2.52. The first-order valence-electron chi connectivity index (χ1n) is 4.37. The summed E-state index contributed by atoms with van der Waals surface area (Å²) in [4.78, 5) is 0. The lowest BCUT2D eigenvalue weighted by atomic mass is 10.5. The summed E-state index contributed by atoms with van der Waals surface area (Å²) >= 11 is 8.83. The molecule has 0 aromatic carbocycles. The molecule has 13 heavy (non-hydrogen) atoms. The third-order valence-electron chi connectivity index (χ3n) is 1.43. The van der Waals surface area contributed by atoms with Crippen molar-refractivity contribution in [3.63, 3.8) is 0 Å². The van der Waals surface area contributed by atoms with Gasteiger partial charge in [-0.15, -0.1) is 0 Å². The van der Waals surface area contributed by atoms with Crippen LogP contribution in [-0.2, 0) is 16.3 Å². The molecule has 0 spiro atoms. The molecule has 6 heteroatoms. The maximum atomic E-state index is 5.69. The molecule has 0 aromatic rings. The number of nitrogens with zero attached hydrogens (tertiary/aromatic N) is 1. The van der Waals surface area contributed by atoms with E-state index in [4.69, 9.17) is 16.3 Å². The zero-order chi connectivity index (χ0) is 10.3. The Morgan fingerprint density at radius 2 is 2.08 bits per heavy atom. The summed E-state index contributed by atoms with van der Waals surface area (Å²) in [5, 5.41) is 0. The Bertz CT molecular complexity index is 182. The van der Waals surface area contributed by atoms with Gasteiger partial charge in [-0.2, -0.15) is 4.08 Å². The predicted molar refractivity (Wildman–Crippen MR) is 70.0 cm³/mol. The van der Waals surface area contributed by atoms with Crippen molar-refractivity contribution >= 4 is 43.4 Å². The van der Waals surface area contributed by atoms with Crippen molar-refractivity contribution in [3.05, 3.63) is 0 Å². The summed E-state index contributed by atoms with van der Waals surface area (Å²) in [5.74, 6) is 0. The van der Waals surface area contributed by atoms with Gasteiger partial charge in [-0.1, -0.05) is 13.8 Å². The molecule has 1 atom stereocenters. The van der Waals surface area contributed by atoms with Gasteiger partial charge in [0, 0.05) is 38.4 Å². The Kier molecular flexibility index (Phi) is 8.49. The smallest absolute Gasteiger partial charge is 0.139 e. The van der Waals surface area contributed by atoms with Crippen molar-refractivity contribution in [1.82, 2.24) is 4.08 Å². The lowest BCUT2D eigenvalue weighted by molar-refractivity contribution is 0.335. The minimum Gasteiger partial charge on any atom is -0.337 e. The van der Waals surface area contributed by atoms with Crippen LogP contribution in [0.15, 0.2) is 0 Å². The van der Waals surface area contributed by atoms with Crippen LogP contribution in [0.5, 0.6) is 0 Å². The van der Waals surface area contributed by atoms with Crippen LogP contribution in [0, 0.1) is 0 Å². The van der Waals surface area contributed by atoms with E-state index in [1.807, 2.05) is 6.66 Å². The third-order valence-corrected chi connectivity index (χ3v) is 7.57. The van der Waals surface area contributed by atoms with Gasteiger partial charge in [-0.05, 0) is 24.6 Å². The van der Waals surface area contributed by atoms with Gasteiger partial charge < -0.3 is 4.52 Å². The van der Waals surface area contributed by atoms with Crippen LogP contribution >= 0.6 is 31.6 Å². The quantitative estimate of drug-likeness (QED) is 0.520. The molecule has 0 aromatic heterocycles. The summed E-state index contributed by atoms with van der Waals surface area (Å²) in [6.07, 6.45) is 0.372. The van der Waals surface area contributed by atoms with Crippen molar-refractivity contribution < 1.29 is 4.52 Å². The highest BCUT2D eigenvalue weighted by molar-refractivity contribution is 9.50. The highest BCUT2D eigenvalue weighted by atomic mass is 79.9. The number of hydrogen-bond acceptors (Lipinski definition) is 3. The first-order valence-corrected chi connectivity index (χ1v) is 10.1. The van der Waals surface area contributed by atoms with Crippen LogP contribution < -0.4 is 0 Å². The standard InChI is InChI=1S/C7H17BrNOPS2/c1-4-6-9(13-8)11(3,12)10-7-5-2/h4-7H2,1-3H3. The second-order valence-electron chi connectivity index (χ2n) is 2.78. The molecule has 0 aliphatic heterocycles. The zero-order valence-corrected chi connectivity index (χ0v) is 12.4. The first kappa shape index (κ1) is 14.4. The van der Waals surface area contributed by atoms with E-state index in [-0.39, 0.29) is 0 Å². The van der Waals surface area contributed by atoms with Crippen LogP contribution in [0.2, 0.25) is 0 Å². The van der Waals surface area contributed by atoms with E-state index in [2.05, 4.69) is 32.7 Å². The maximum Gasteiger partial charge on any atom is 0.139 e. The average Bonchev–Trinajstić information content (AvgIpc) is 2.10. The highest BCUT2D eigenvalue weighted by Gasteiger charge is 2.20. The molecule has 0 amide bonds. The van der Waals surface area contributed by atoms with Crippen molar-refractivity contribution in [1.29, 1.82) is 0 Å². The van der Waals surface area contributed by atoms with E-state index in [9.17, 15) is 0 Å². The van der Waals surface area contributed by atoms with E-state index >= 15 is 0 Å². The fourth-order valence-electron chi connectivity index (χ4n) is 0.789. The second kappa shape index (κ2) is 7.66. The number of hydrogen-bond donors (Lipinski definition) is 0. The van der Waals surface area contributed by atoms with E-state index in [0.29, 0.717) is 0 Å². The van der Waals surface area contributed by atoms with E-state index in [0.717, 1.165) is 26.0 Å². The Labute approximate surface area is 98.3 Å². The summed E-state index contributed by atoms with van der Waals surface area (Å²) in [5.41, 5.74) is 0. The van der Waals surface area contributed by atoms with Crippen LogP contribution in [0.4, 0.5) is 0 Å². The van der Waals surface area contributed by atoms with Gasteiger partial charge in [0.05, 0.1) is 6.61 Å². The maximum absolute atomic E-state index is 5.69. The lowest BCUT2D eigenvalue weighted by Gasteiger charge is -2.28. The number of halogens is 1. The molecule has 0 saturated carbocycles. The lowest BCUT2D eigenvalue weighted by Crippen LogP contribution is -2.13. The molecule has 0 bridgehead atoms. The minimum atomic E-state index is -1.75. The van der Waals surface area contributed by atoms with Crippen molar-refractivity contribution in [2.75, 3.05) is 19.8 Å². The molecule has 2 nitrogen and oxygen atoms in total. The molecule has 0 aliphatic rings. The SMILES string of the molecule is CCCOP(C)(=S)N(CCC)SBr. The van der Waals surface area contributed by atoms with Gasteiger partial charge in [-0.25, -0.2) is 0 Å². The van der Waals surface area contributed by atoms with E-state index in [1.165, 1.54) is 10.4 Å². The third kappa shape index (κ3) is 5.75. The molecule has 0 aliphatic carbocycles. The molecule has 80 valence electrons. The van der Waals surface area contributed by atoms with Gasteiger partial charge in [0.25, 0.3) is 0 Å². The molecular weight excluding hydrogens is 289 g/mol. The molecule has 0 rings (SSSR count). The zero-order valence-electron chi connectivity index (χ0n) is 8.33. The monoisotopic (exact) mass is 305 g/mol. The van der Waals surface area contributed by atoms with Crippen LogP contribution in [0.25, 0.3) is 0 Å². The minimum absolute atomic E-state index is 0.765. The molecule has 0 fully saturated rings. The second-order valence-corrected chi connectivity index (χ2v) is 8.88. The van der Waals surface area contributed by atoms with Crippen LogP contribution in [0.1, 0.15) is 26.7 Å². The van der Waals surface area contributed by atoms with E-state index in [1.54, 1.807) is 0 Å². The Balaban J connectivity index is 4.12. The molecule has 0 N–H and O–H groups in total. The van der Waals surface area contributed by atoms with Gasteiger partial charge in [0.2, 0.25) is 0 Å². The normalized spacial score (nSPS) is 16.1. The number of rotatable bonds is 7. The summed E-state index contributed by atoms with van der Waals surface area (Å²) in [7, 11) is 1.52. The van der Waals surface area contributed by atoms with Crippen molar-refractivity contribution in [2.24, 2.45) is 0 Å². The molecule has 0 radical (unpaired) electrons. The fraction of sp³-hybridized carbons (Fsp3) is 1.00. The molecular formula is C7H17BrNOPS2. The first-order chi connectivity index (χ1) is 6.08. The molecule has 0 saturated heterocycles. The van der Waals surface area contributed by atoms with Gasteiger partial charge in [0.1, 0.15) is 6.42 Å². The predicted octanol–water partition coefficient (Wildman–Crippen LogP) is 4.02. The van der Waals surface area contributed by atoms with Crippen LogP contribution in [-0.4, -0.2) is 23.9 Å². The molecule has 0 heterocycles. The Morgan fingerprint density at radius 3 is 2.46 bits per heavy atom. The van der Waals surface area contributed by atoms with Crippen molar-refractivity contribution in [2.45, 2.75) is 26.7 Å². The fourth-order valence-corrected chi connectivity index (χ4v) is 7.04. The van der Waals surface area contributed by atoms with Crippen molar-refractivity contribution in [3.8, 4) is 0 Å². The van der Waals surface area contributed by atoms with Crippen LogP contribution in [0.3, 0.4) is 0 Å². The van der Waals surface area contributed by atoms with Gasteiger partial charge >= 0.3 is 0 Å². The summed E-state index contributed by atoms with van der Waals surface area (Å²) in [6, 6.07) is 0. The average molecular weight is 306 g/mol. The van der Waals surface area contributed by atoms with Gasteiger partial charge in [-0.3, -0.25) is 0 Å². The van der Waals surface area contributed by atoms with Gasteiger partial charge in [0.15, 0.2) is 0 Å². The Hall–Kier alpha value is 1.40. The molecule has 1 unspecified atom stereocenters. The topological polar surface area (TPSA) is 12.5 Å².